The van der Waals surface area contributed by atoms with Crippen molar-refractivity contribution in [2.45, 2.75) is 29.8 Å². The maximum Gasteiger partial charge on any atom is 0.325 e. The third-order valence-corrected chi connectivity index (χ3v) is 6.68. The molecule has 6 nitrogen and oxygen atoms in total. The van der Waals surface area contributed by atoms with E-state index in [1.54, 1.807) is 0 Å². The SMILES string of the molecule is COC(=O)[C@H]1NC[C@@H](NC2(c3ccccc3)c3ccccc3-c3ccccc32)[C@@H](O)[C@@H]1O. The summed E-state index contributed by atoms with van der Waals surface area (Å²) < 4.78 is 4.77. The Morgan fingerprint density at radius 3 is 2.06 bits per heavy atom. The van der Waals surface area contributed by atoms with Crippen LogP contribution in [0.15, 0.2) is 78.9 Å². The summed E-state index contributed by atoms with van der Waals surface area (Å²) in [5.74, 6) is -0.593. The van der Waals surface area contributed by atoms with Crippen LogP contribution in [0.2, 0.25) is 0 Å². The Bertz CT molecular complexity index is 1090. The van der Waals surface area contributed by atoms with E-state index in [-0.39, 0.29) is 6.54 Å². The second kappa shape index (κ2) is 8.15. The number of aliphatic hydroxyl groups excluding tert-OH is 2. The topological polar surface area (TPSA) is 90.8 Å². The van der Waals surface area contributed by atoms with Gasteiger partial charge in [-0.1, -0.05) is 78.9 Å². The molecule has 0 amide bonds. The Kier molecular flexibility index (Phi) is 5.31. The average Bonchev–Trinajstić information content (AvgIpc) is 3.13. The Hall–Kier alpha value is -3.03. The van der Waals surface area contributed by atoms with Gasteiger partial charge in [0.2, 0.25) is 0 Å². The van der Waals surface area contributed by atoms with Gasteiger partial charge in [-0.3, -0.25) is 10.1 Å². The largest absolute Gasteiger partial charge is 0.468 e. The second-order valence-electron chi connectivity index (χ2n) is 8.35. The number of rotatable bonds is 4. The van der Waals surface area contributed by atoms with E-state index in [4.69, 9.17) is 4.74 Å². The first-order chi connectivity index (χ1) is 15.6. The van der Waals surface area contributed by atoms with Crippen molar-refractivity contribution in [3.05, 3.63) is 95.6 Å². The molecule has 0 saturated carbocycles. The molecule has 32 heavy (non-hydrogen) atoms. The Morgan fingerprint density at radius 1 is 0.906 bits per heavy atom. The molecular weight excluding hydrogens is 404 g/mol. The zero-order valence-electron chi connectivity index (χ0n) is 17.7. The molecule has 0 aromatic heterocycles. The van der Waals surface area contributed by atoms with Crippen molar-refractivity contribution in [3.8, 4) is 11.1 Å². The van der Waals surface area contributed by atoms with Gasteiger partial charge in [-0.25, -0.2) is 0 Å². The lowest BCUT2D eigenvalue weighted by atomic mass is 9.79. The lowest BCUT2D eigenvalue weighted by molar-refractivity contribution is -0.152. The van der Waals surface area contributed by atoms with Gasteiger partial charge in [0.05, 0.1) is 18.8 Å². The maximum absolute atomic E-state index is 12.0. The lowest BCUT2D eigenvalue weighted by Crippen LogP contribution is -2.68. The molecule has 4 N–H and O–H groups in total. The molecule has 0 spiro atoms. The molecular formula is C26H26N2O4. The first kappa shape index (κ1) is 20.8. The molecule has 1 heterocycles. The smallest absolute Gasteiger partial charge is 0.325 e. The highest BCUT2D eigenvalue weighted by atomic mass is 16.5. The van der Waals surface area contributed by atoms with Gasteiger partial charge >= 0.3 is 5.97 Å². The summed E-state index contributed by atoms with van der Waals surface area (Å²) in [5, 5.41) is 28.4. The van der Waals surface area contributed by atoms with Crippen LogP contribution in [0.4, 0.5) is 0 Å². The fraction of sp³-hybridized carbons (Fsp3) is 0.269. The first-order valence-corrected chi connectivity index (χ1v) is 10.8. The van der Waals surface area contributed by atoms with Crippen molar-refractivity contribution in [1.82, 2.24) is 10.6 Å². The van der Waals surface area contributed by atoms with Crippen molar-refractivity contribution < 1.29 is 19.7 Å². The van der Waals surface area contributed by atoms with E-state index in [0.29, 0.717) is 0 Å². The van der Waals surface area contributed by atoms with Gasteiger partial charge < -0.3 is 20.3 Å². The summed E-state index contributed by atoms with van der Waals surface area (Å²) in [4.78, 5) is 12.0. The lowest BCUT2D eigenvalue weighted by Gasteiger charge is -2.43. The quantitative estimate of drug-likeness (QED) is 0.472. The van der Waals surface area contributed by atoms with Gasteiger partial charge in [-0.2, -0.15) is 0 Å². The highest BCUT2D eigenvalue weighted by Gasteiger charge is 2.49. The van der Waals surface area contributed by atoms with Gasteiger partial charge in [-0.15, -0.1) is 0 Å². The van der Waals surface area contributed by atoms with E-state index < -0.39 is 35.8 Å². The first-order valence-electron chi connectivity index (χ1n) is 10.8. The minimum absolute atomic E-state index is 0.289. The number of hydrogen-bond donors (Lipinski definition) is 4. The number of methoxy groups -OCH3 is 1. The van der Waals surface area contributed by atoms with Crippen molar-refractivity contribution in [3.63, 3.8) is 0 Å². The average molecular weight is 431 g/mol. The van der Waals surface area contributed by atoms with Crippen LogP contribution in [-0.2, 0) is 15.1 Å². The van der Waals surface area contributed by atoms with E-state index in [2.05, 4.69) is 47.0 Å². The number of nitrogens with one attached hydrogen (secondary N) is 2. The highest BCUT2D eigenvalue weighted by Crippen LogP contribution is 2.51. The van der Waals surface area contributed by atoms with E-state index in [0.717, 1.165) is 27.8 Å². The van der Waals surface area contributed by atoms with E-state index in [1.165, 1.54) is 7.11 Å². The summed E-state index contributed by atoms with van der Waals surface area (Å²) in [6.45, 7) is 0.289. The van der Waals surface area contributed by atoms with Crippen LogP contribution >= 0.6 is 0 Å². The van der Waals surface area contributed by atoms with Crippen LogP contribution in [0.25, 0.3) is 11.1 Å². The molecule has 0 bridgehead atoms. The minimum atomic E-state index is -1.30. The molecule has 1 fully saturated rings. The third kappa shape index (κ3) is 3.07. The number of benzene rings is 3. The second-order valence-corrected chi connectivity index (χ2v) is 8.35. The maximum atomic E-state index is 12.0. The van der Waals surface area contributed by atoms with Crippen LogP contribution in [-0.4, -0.2) is 54.1 Å². The van der Waals surface area contributed by atoms with E-state index >= 15 is 0 Å². The summed E-state index contributed by atoms with van der Waals surface area (Å²) >= 11 is 0. The predicted molar refractivity (Wildman–Crippen MR) is 121 cm³/mol. The van der Waals surface area contributed by atoms with E-state index in [1.807, 2.05) is 42.5 Å². The number of ether oxygens (including phenoxy) is 1. The summed E-state index contributed by atoms with van der Waals surface area (Å²) in [5.41, 5.74) is 4.75. The molecule has 0 radical (unpaired) electrons. The number of fused-ring (bicyclic) bond motifs is 3. The Balaban J connectivity index is 1.63. The van der Waals surface area contributed by atoms with Crippen molar-refractivity contribution >= 4 is 5.97 Å². The zero-order chi connectivity index (χ0) is 22.3. The van der Waals surface area contributed by atoms with E-state index in [9.17, 15) is 15.0 Å². The van der Waals surface area contributed by atoms with Crippen LogP contribution in [0.5, 0.6) is 0 Å². The minimum Gasteiger partial charge on any atom is -0.468 e. The number of hydrogen-bond acceptors (Lipinski definition) is 6. The molecule has 5 rings (SSSR count). The molecule has 0 unspecified atom stereocenters. The summed E-state index contributed by atoms with van der Waals surface area (Å²) in [7, 11) is 1.27. The van der Waals surface area contributed by atoms with Gasteiger partial charge in [0.25, 0.3) is 0 Å². The number of esters is 1. The van der Waals surface area contributed by atoms with Crippen molar-refractivity contribution in [2.75, 3.05) is 13.7 Å². The standard InChI is InChI=1S/C26H26N2O4/c1-32-25(31)22-24(30)23(29)21(15-27-22)28-26(16-9-3-2-4-10-16)19-13-7-5-11-17(19)18-12-6-8-14-20(18)26/h2-14,21-24,27-30H,15H2,1H3/t21-,22+,23-,24-/m1/s1. The normalized spacial score (nSPS) is 25.6. The van der Waals surface area contributed by atoms with Gasteiger partial charge in [0, 0.05) is 12.6 Å². The molecule has 1 saturated heterocycles. The van der Waals surface area contributed by atoms with Gasteiger partial charge in [-0.05, 0) is 27.8 Å². The molecule has 4 atom stereocenters. The molecule has 6 heteroatoms. The number of piperidine rings is 1. The summed E-state index contributed by atoms with van der Waals surface area (Å²) in [6.07, 6.45) is -2.46. The molecule has 3 aromatic carbocycles. The number of aliphatic hydroxyl groups is 2. The Labute approximate surface area is 186 Å². The third-order valence-electron chi connectivity index (χ3n) is 6.68. The van der Waals surface area contributed by atoms with Crippen molar-refractivity contribution in [1.29, 1.82) is 0 Å². The zero-order valence-corrected chi connectivity index (χ0v) is 17.7. The van der Waals surface area contributed by atoms with Crippen LogP contribution < -0.4 is 10.6 Å². The summed E-state index contributed by atoms with van der Waals surface area (Å²) in [6, 6.07) is 25.1. The molecule has 2 aliphatic rings. The van der Waals surface area contributed by atoms with Gasteiger partial charge in [0.1, 0.15) is 12.1 Å². The number of carbonyl (C=O) groups excluding carboxylic acids is 1. The molecule has 1 aliphatic heterocycles. The van der Waals surface area contributed by atoms with Crippen LogP contribution in [0, 0.1) is 0 Å². The molecule has 1 aliphatic carbocycles. The number of carbonyl (C=O) groups is 1. The molecule has 164 valence electrons. The van der Waals surface area contributed by atoms with Crippen LogP contribution in [0.3, 0.4) is 0 Å². The van der Waals surface area contributed by atoms with Gasteiger partial charge in [0.15, 0.2) is 0 Å². The molecule has 3 aromatic rings. The van der Waals surface area contributed by atoms with Crippen molar-refractivity contribution in [2.24, 2.45) is 0 Å². The highest BCUT2D eigenvalue weighted by molar-refractivity contribution is 5.83. The fourth-order valence-electron chi connectivity index (χ4n) is 5.17. The fourth-order valence-corrected chi connectivity index (χ4v) is 5.17. The monoisotopic (exact) mass is 430 g/mol. The van der Waals surface area contributed by atoms with Crippen LogP contribution in [0.1, 0.15) is 16.7 Å². The Morgan fingerprint density at radius 2 is 1.47 bits per heavy atom. The predicted octanol–water partition coefficient (Wildman–Crippen LogP) is 1.78.